The van der Waals surface area contributed by atoms with E-state index in [-0.39, 0.29) is 17.1 Å². The Hall–Kier alpha value is -3.93. The van der Waals surface area contributed by atoms with Crippen molar-refractivity contribution in [2.75, 3.05) is 12.9 Å². The number of nitro benzene ring substituents is 1. The number of ketones is 1. The highest BCUT2D eigenvalue weighted by Gasteiger charge is 2.30. The van der Waals surface area contributed by atoms with E-state index in [4.69, 9.17) is 4.74 Å². The van der Waals surface area contributed by atoms with Crippen LogP contribution in [0, 0.1) is 16.0 Å². The normalized spacial score (nSPS) is 12.3. The number of ether oxygens (including phenoxy) is 1. The molecule has 0 bridgehead atoms. The number of benzene rings is 2. The van der Waals surface area contributed by atoms with Gasteiger partial charge in [0.1, 0.15) is 6.04 Å². The van der Waals surface area contributed by atoms with E-state index >= 15 is 0 Å². The summed E-state index contributed by atoms with van der Waals surface area (Å²) in [6.07, 6.45) is -0.611. The maximum Gasteiger partial charge on any atom is 0.311 e. The molecule has 0 aromatic heterocycles. The molecule has 0 saturated heterocycles. The van der Waals surface area contributed by atoms with Crippen LogP contribution >= 0.6 is 11.8 Å². The van der Waals surface area contributed by atoms with Gasteiger partial charge in [0.05, 0.1) is 30.2 Å². The Morgan fingerprint density at radius 3 is 2.32 bits per heavy atom. The van der Waals surface area contributed by atoms with Crippen LogP contribution in [0.5, 0.6) is 5.75 Å². The van der Waals surface area contributed by atoms with Crippen molar-refractivity contribution in [3.63, 3.8) is 0 Å². The Kier molecular flexibility index (Phi) is 11.1. The summed E-state index contributed by atoms with van der Waals surface area (Å²) in [5.74, 6) is -3.15. The zero-order valence-corrected chi connectivity index (χ0v) is 21.4. The molecular formula is C25H29N3O8S. The lowest BCUT2D eigenvalue weighted by molar-refractivity contribution is -0.385. The summed E-state index contributed by atoms with van der Waals surface area (Å²) >= 11 is 1.30. The smallest absolute Gasteiger partial charge is 0.311 e. The highest BCUT2D eigenvalue weighted by Crippen LogP contribution is 2.27. The molecular weight excluding hydrogens is 502 g/mol. The highest BCUT2D eigenvalue weighted by atomic mass is 32.2. The number of carbonyl (C=O) groups excluding carboxylic acids is 3. The minimum absolute atomic E-state index is 0.0126. The van der Waals surface area contributed by atoms with Gasteiger partial charge in [-0.2, -0.15) is 0 Å². The number of nitrogens with one attached hydrogen (secondary N) is 2. The van der Waals surface area contributed by atoms with Gasteiger partial charge in [-0.05, 0) is 23.6 Å². The van der Waals surface area contributed by atoms with Gasteiger partial charge >= 0.3 is 11.7 Å². The lowest BCUT2D eigenvalue weighted by Crippen LogP contribution is -2.54. The van der Waals surface area contributed by atoms with Crippen LogP contribution in [0.3, 0.4) is 0 Å². The van der Waals surface area contributed by atoms with Gasteiger partial charge in [0.15, 0.2) is 11.5 Å². The molecule has 0 radical (unpaired) electrons. The Morgan fingerprint density at radius 2 is 1.76 bits per heavy atom. The number of carboxylic acids is 1. The summed E-state index contributed by atoms with van der Waals surface area (Å²) < 4.78 is 4.93. The molecule has 0 saturated carbocycles. The quantitative estimate of drug-likeness (QED) is 0.245. The number of Topliss-reactive ketones (excluding diaryl/α,β-unsaturated/α-hetero) is 1. The van der Waals surface area contributed by atoms with Crippen molar-refractivity contribution in [2.45, 2.75) is 38.1 Å². The van der Waals surface area contributed by atoms with E-state index in [1.807, 2.05) is 30.3 Å². The van der Waals surface area contributed by atoms with Gasteiger partial charge in [0.25, 0.3) is 5.91 Å². The summed E-state index contributed by atoms with van der Waals surface area (Å²) in [7, 11) is 1.26. The van der Waals surface area contributed by atoms with Crippen LogP contribution < -0.4 is 15.4 Å². The number of rotatable bonds is 14. The molecule has 0 aliphatic rings. The first-order chi connectivity index (χ1) is 17.5. The lowest BCUT2D eigenvalue weighted by atomic mass is 10.0. The van der Waals surface area contributed by atoms with Crippen molar-refractivity contribution in [2.24, 2.45) is 5.92 Å². The number of nitrogens with zero attached hydrogens (tertiary/aromatic N) is 1. The standard InChI is InChI=1S/C25H29N3O8S/c1-15(2)23(27-24(32)17-9-10-21(36-3)19(11-17)28(34)35)25(33)26-18(12-22(30)31)20(29)14-37-13-16-7-5-4-6-8-16/h4-11,15,18,23H,12-14H2,1-3H3,(H,26,33)(H,27,32)(H,30,31). The molecule has 0 heterocycles. The van der Waals surface area contributed by atoms with Gasteiger partial charge < -0.3 is 20.5 Å². The Labute approximate surface area is 218 Å². The predicted octanol–water partition coefficient (Wildman–Crippen LogP) is 2.82. The first-order valence-electron chi connectivity index (χ1n) is 11.3. The number of hydrogen-bond acceptors (Lipinski definition) is 8. The molecule has 0 aliphatic carbocycles. The Balaban J connectivity index is 2.10. The first-order valence-corrected chi connectivity index (χ1v) is 12.5. The third-order valence-corrected chi connectivity index (χ3v) is 6.34. The molecule has 2 aromatic carbocycles. The fraction of sp³-hybridized carbons (Fsp3) is 0.360. The van der Waals surface area contributed by atoms with Crippen molar-refractivity contribution >= 4 is 41.0 Å². The fourth-order valence-electron chi connectivity index (χ4n) is 3.36. The molecule has 2 aromatic rings. The molecule has 2 amide bonds. The average Bonchev–Trinajstić information content (AvgIpc) is 2.86. The summed E-state index contributed by atoms with van der Waals surface area (Å²) in [5, 5.41) is 25.5. The number of aliphatic carboxylic acids is 1. The van der Waals surface area contributed by atoms with Crippen LogP contribution in [0.4, 0.5) is 5.69 Å². The Morgan fingerprint density at radius 1 is 1.08 bits per heavy atom. The average molecular weight is 532 g/mol. The summed E-state index contributed by atoms with van der Waals surface area (Å²) in [6, 6.07) is 10.6. The third-order valence-electron chi connectivity index (χ3n) is 5.31. The zero-order chi connectivity index (χ0) is 27.5. The van der Waals surface area contributed by atoms with Gasteiger partial charge in [-0.15, -0.1) is 11.8 Å². The van der Waals surface area contributed by atoms with Gasteiger partial charge in [-0.1, -0.05) is 44.2 Å². The summed E-state index contributed by atoms with van der Waals surface area (Å²) in [5.41, 5.74) is 0.516. The molecule has 0 aliphatic heterocycles. The van der Waals surface area contributed by atoms with E-state index in [1.54, 1.807) is 13.8 Å². The second kappa shape index (κ2) is 14.0. The minimum atomic E-state index is -1.28. The number of nitro groups is 1. The molecule has 2 unspecified atom stereocenters. The first kappa shape index (κ1) is 29.3. The number of hydrogen-bond donors (Lipinski definition) is 3. The molecule has 37 heavy (non-hydrogen) atoms. The van der Waals surface area contributed by atoms with Crippen molar-refractivity contribution in [3.05, 3.63) is 69.8 Å². The number of thioether (sulfide) groups is 1. The maximum atomic E-state index is 13.0. The van der Waals surface area contributed by atoms with Crippen LogP contribution in [0.1, 0.15) is 36.2 Å². The van der Waals surface area contributed by atoms with Crippen LogP contribution in [-0.2, 0) is 20.1 Å². The van der Waals surface area contributed by atoms with Gasteiger partial charge in [-0.3, -0.25) is 29.3 Å². The largest absolute Gasteiger partial charge is 0.490 e. The van der Waals surface area contributed by atoms with E-state index in [2.05, 4.69) is 10.6 Å². The second-order valence-corrected chi connectivity index (χ2v) is 9.43. The third kappa shape index (κ3) is 8.90. The van der Waals surface area contributed by atoms with E-state index in [9.17, 15) is 34.4 Å². The number of methoxy groups -OCH3 is 1. The van der Waals surface area contributed by atoms with Crippen molar-refractivity contribution in [1.82, 2.24) is 10.6 Å². The van der Waals surface area contributed by atoms with E-state index < -0.39 is 58.6 Å². The van der Waals surface area contributed by atoms with E-state index in [0.29, 0.717) is 5.75 Å². The van der Waals surface area contributed by atoms with Gasteiger partial charge in [0.2, 0.25) is 5.91 Å². The van der Waals surface area contributed by atoms with Gasteiger partial charge in [-0.25, -0.2) is 0 Å². The molecule has 198 valence electrons. The van der Waals surface area contributed by atoms with E-state index in [1.165, 1.54) is 31.0 Å². The van der Waals surface area contributed by atoms with Crippen molar-refractivity contribution < 1.29 is 33.9 Å². The second-order valence-electron chi connectivity index (χ2n) is 8.44. The molecule has 3 N–H and O–H groups in total. The van der Waals surface area contributed by atoms with Crippen molar-refractivity contribution in [3.8, 4) is 5.75 Å². The Bertz CT molecular complexity index is 1140. The topological polar surface area (TPSA) is 165 Å². The fourth-order valence-corrected chi connectivity index (χ4v) is 4.29. The number of carboxylic acid groups (broad SMARTS) is 1. The molecule has 2 rings (SSSR count). The van der Waals surface area contributed by atoms with Crippen LogP contribution in [0.15, 0.2) is 48.5 Å². The number of carbonyl (C=O) groups is 4. The van der Waals surface area contributed by atoms with Gasteiger partial charge in [0, 0.05) is 17.4 Å². The minimum Gasteiger partial charge on any atom is -0.490 e. The molecule has 0 fully saturated rings. The SMILES string of the molecule is COc1ccc(C(=O)NC(C(=O)NC(CC(=O)O)C(=O)CSCc2ccccc2)C(C)C)cc1[N+](=O)[O-]. The number of amides is 2. The van der Waals surface area contributed by atoms with Crippen LogP contribution in [0.25, 0.3) is 0 Å². The molecule has 2 atom stereocenters. The summed E-state index contributed by atoms with van der Waals surface area (Å²) in [6.45, 7) is 3.31. The zero-order valence-electron chi connectivity index (χ0n) is 20.6. The summed E-state index contributed by atoms with van der Waals surface area (Å²) in [4.78, 5) is 60.5. The molecule has 11 nitrogen and oxygen atoms in total. The highest BCUT2D eigenvalue weighted by molar-refractivity contribution is 7.99. The van der Waals surface area contributed by atoms with Crippen LogP contribution in [0.2, 0.25) is 0 Å². The van der Waals surface area contributed by atoms with E-state index in [0.717, 1.165) is 11.6 Å². The lowest BCUT2D eigenvalue weighted by Gasteiger charge is -2.24. The maximum absolute atomic E-state index is 13.0. The molecule has 12 heteroatoms. The van der Waals surface area contributed by atoms with Crippen LogP contribution in [-0.4, -0.2) is 58.5 Å². The monoisotopic (exact) mass is 531 g/mol. The predicted molar refractivity (Wildman–Crippen MR) is 138 cm³/mol. The molecule has 0 spiro atoms. The van der Waals surface area contributed by atoms with Crippen molar-refractivity contribution in [1.29, 1.82) is 0 Å².